The molecule has 2 fully saturated rings. The number of piperidine rings is 2. The Kier molecular flexibility index (Phi) is 9.97. The van der Waals surface area contributed by atoms with Crippen molar-refractivity contribution in [2.24, 2.45) is 0 Å². The number of likely N-dealkylation sites (tertiary alicyclic amines) is 1. The van der Waals surface area contributed by atoms with Crippen molar-refractivity contribution in [2.45, 2.75) is 84.8 Å². The second-order valence-corrected chi connectivity index (χ2v) is 13.6. The summed E-state index contributed by atoms with van der Waals surface area (Å²) in [4.78, 5) is 26.9. The topological polar surface area (TPSA) is 84.3 Å². The van der Waals surface area contributed by atoms with Crippen molar-refractivity contribution in [3.05, 3.63) is 74.7 Å². The van der Waals surface area contributed by atoms with Crippen molar-refractivity contribution in [2.75, 3.05) is 38.0 Å². The molecule has 244 valence electrons. The highest BCUT2D eigenvalue weighted by Crippen LogP contribution is 2.38. The number of anilines is 2. The van der Waals surface area contributed by atoms with Crippen molar-refractivity contribution in [1.82, 2.24) is 24.8 Å². The molecule has 4 heterocycles. The van der Waals surface area contributed by atoms with Crippen LogP contribution in [0, 0.1) is 13.8 Å². The van der Waals surface area contributed by atoms with Gasteiger partial charge in [-0.2, -0.15) is 4.98 Å². The standard InChI is InChI=1S/C37H47ClN6O2/c1-6-17-43-18-9-10-27(22-43)44-35-30(25(5)34(36(44)45)28-11-7-8-12-31(28)38)21-40-37(42-35)41-32-19-24(4)29(20-33(32)46-23(2)3)26-13-15-39-16-14-26/h7-8,11-12,19-21,23,26-27,39H,6,9-10,13-18,22H2,1-5H3,(H,40,41,42)/t27-/m0/s1. The highest BCUT2D eigenvalue weighted by Gasteiger charge is 2.28. The summed E-state index contributed by atoms with van der Waals surface area (Å²) < 4.78 is 8.28. The molecule has 4 aromatic rings. The van der Waals surface area contributed by atoms with Gasteiger partial charge in [-0.05, 0) is 127 Å². The van der Waals surface area contributed by atoms with E-state index in [1.807, 2.05) is 55.8 Å². The molecule has 46 heavy (non-hydrogen) atoms. The van der Waals surface area contributed by atoms with Crippen LogP contribution in [0.2, 0.25) is 5.02 Å². The van der Waals surface area contributed by atoms with Crippen LogP contribution in [0.4, 0.5) is 11.6 Å². The van der Waals surface area contributed by atoms with Gasteiger partial charge in [-0.3, -0.25) is 9.36 Å². The van der Waals surface area contributed by atoms with Gasteiger partial charge in [0.1, 0.15) is 11.4 Å². The molecule has 2 N–H and O–H groups in total. The maximum absolute atomic E-state index is 14.6. The molecule has 2 aliphatic heterocycles. The quantitative estimate of drug-likeness (QED) is 0.193. The molecular weight excluding hydrogens is 596 g/mol. The van der Waals surface area contributed by atoms with Gasteiger partial charge in [-0.15, -0.1) is 0 Å². The number of nitrogens with one attached hydrogen (secondary N) is 2. The molecule has 9 heteroatoms. The maximum Gasteiger partial charge on any atom is 0.260 e. The Hall–Kier alpha value is -3.46. The van der Waals surface area contributed by atoms with Crippen molar-refractivity contribution in [3.63, 3.8) is 0 Å². The Labute approximate surface area is 277 Å². The lowest BCUT2D eigenvalue weighted by molar-refractivity contribution is 0.178. The Balaban J connectivity index is 1.47. The lowest BCUT2D eigenvalue weighted by Gasteiger charge is -2.34. The largest absolute Gasteiger partial charge is 0.489 e. The van der Waals surface area contributed by atoms with Gasteiger partial charge in [0.2, 0.25) is 5.95 Å². The van der Waals surface area contributed by atoms with Gasteiger partial charge in [0, 0.05) is 28.7 Å². The fraction of sp³-hybridized carbons (Fsp3) is 0.486. The third kappa shape index (κ3) is 6.66. The van der Waals surface area contributed by atoms with Crippen LogP contribution in [0.3, 0.4) is 0 Å². The monoisotopic (exact) mass is 642 g/mol. The molecule has 2 aliphatic rings. The molecule has 0 bridgehead atoms. The van der Waals surface area contributed by atoms with Gasteiger partial charge < -0.3 is 20.3 Å². The predicted octanol–water partition coefficient (Wildman–Crippen LogP) is 7.77. The van der Waals surface area contributed by atoms with Crippen LogP contribution >= 0.6 is 11.6 Å². The number of halogens is 1. The molecular formula is C37H47ClN6O2. The van der Waals surface area contributed by atoms with Crippen LogP contribution in [0.5, 0.6) is 5.75 Å². The van der Waals surface area contributed by atoms with E-state index >= 15 is 0 Å². The van der Waals surface area contributed by atoms with Crippen molar-refractivity contribution < 1.29 is 4.74 Å². The summed E-state index contributed by atoms with van der Waals surface area (Å²) in [7, 11) is 0. The minimum absolute atomic E-state index is 0.00812. The van der Waals surface area contributed by atoms with Gasteiger partial charge in [-0.1, -0.05) is 36.7 Å². The molecule has 8 nitrogen and oxygen atoms in total. The Morgan fingerprint density at radius 1 is 1.13 bits per heavy atom. The van der Waals surface area contributed by atoms with Gasteiger partial charge >= 0.3 is 0 Å². The summed E-state index contributed by atoms with van der Waals surface area (Å²) in [6.45, 7) is 15.4. The summed E-state index contributed by atoms with van der Waals surface area (Å²) in [6.07, 6.45) is 7.11. The smallest absolute Gasteiger partial charge is 0.260 e. The normalized spacial score (nSPS) is 17.9. The third-order valence-corrected chi connectivity index (χ3v) is 9.82. The van der Waals surface area contributed by atoms with Crippen LogP contribution in [-0.4, -0.2) is 58.3 Å². The van der Waals surface area contributed by atoms with E-state index in [0.29, 0.717) is 28.1 Å². The summed E-state index contributed by atoms with van der Waals surface area (Å²) >= 11 is 6.68. The number of ether oxygens (including phenoxy) is 1. The minimum Gasteiger partial charge on any atom is -0.489 e. The third-order valence-electron chi connectivity index (χ3n) is 9.49. The van der Waals surface area contributed by atoms with E-state index in [9.17, 15) is 4.79 Å². The Morgan fingerprint density at radius 3 is 2.65 bits per heavy atom. The molecule has 0 radical (unpaired) electrons. The minimum atomic E-state index is -0.0582. The molecule has 0 unspecified atom stereocenters. The lowest BCUT2D eigenvalue weighted by atomic mass is 9.87. The van der Waals surface area contributed by atoms with E-state index in [4.69, 9.17) is 26.3 Å². The van der Waals surface area contributed by atoms with Crippen LogP contribution in [0.15, 0.2) is 47.4 Å². The Bertz CT molecular complexity index is 1760. The second-order valence-electron chi connectivity index (χ2n) is 13.2. The zero-order valence-corrected chi connectivity index (χ0v) is 28.6. The number of hydrogen-bond acceptors (Lipinski definition) is 7. The van der Waals surface area contributed by atoms with Crippen LogP contribution in [0.1, 0.15) is 81.5 Å². The number of nitrogens with zero attached hydrogens (tertiary/aromatic N) is 4. The summed E-state index contributed by atoms with van der Waals surface area (Å²) in [5, 5.41) is 8.37. The number of rotatable bonds is 9. The SMILES string of the molecule is CCCN1CCC[C@H](n2c(=O)c(-c3ccccc3Cl)c(C)c3cnc(Nc4cc(C)c(C5CCNCC5)cc4OC(C)C)nc32)C1. The molecule has 6 rings (SSSR count). The molecule has 0 aliphatic carbocycles. The highest BCUT2D eigenvalue weighted by atomic mass is 35.5. The van der Waals surface area contributed by atoms with Crippen molar-refractivity contribution >= 4 is 34.3 Å². The number of hydrogen-bond donors (Lipinski definition) is 2. The van der Waals surface area contributed by atoms with E-state index < -0.39 is 0 Å². The van der Waals surface area contributed by atoms with E-state index in [-0.39, 0.29) is 17.7 Å². The van der Waals surface area contributed by atoms with E-state index in [1.54, 1.807) is 0 Å². The van der Waals surface area contributed by atoms with Gasteiger partial charge in [0.15, 0.2) is 0 Å². The first-order valence-corrected chi connectivity index (χ1v) is 17.3. The number of aryl methyl sites for hydroxylation is 2. The summed E-state index contributed by atoms with van der Waals surface area (Å²) in [5.41, 5.74) is 6.17. The zero-order valence-electron chi connectivity index (χ0n) is 27.8. The molecule has 0 spiro atoms. The fourth-order valence-electron chi connectivity index (χ4n) is 7.32. The number of benzene rings is 2. The number of fused-ring (bicyclic) bond motifs is 1. The van der Waals surface area contributed by atoms with E-state index in [2.05, 4.69) is 41.5 Å². The summed E-state index contributed by atoms with van der Waals surface area (Å²) in [6, 6.07) is 11.9. The van der Waals surface area contributed by atoms with Crippen LogP contribution in [0.25, 0.3) is 22.2 Å². The number of pyridine rings is 1. The molecule has 2 aromatic carbocycles. The fourth-order valence-corrected chi connectivity index (χ4v) is 7.55. The van der Waals surface area contributed by atoms with Gasteiger partial charge in [0.25, 0.3) is 5.56 Å². The predicted molar refractivity (Wildman–Crippen MR) is 189 cm³/mol. The maximum atomic E-state index is 14.6. The van der Waals surface area contributed by atoms with Crippen molar-refractivity contribution in [3.8, 4) is 16.9 Å². The molecule has 0 amide bonds. The first kappa shape index (κ1) is 32.5. The average molecular weight is 643 g/mol. The Morgan fingerprint density at radius 2 is 1.91 bits per heavy atom. The second kappa shape index (κ2) is 14.1. The molecule has 2 saturated heterocycles. The highest BCUT2D eigenvalue weighted by molar-refractivity contribution is 6.33. The van der Waals surface area contributed by atoms with E-state index in [0.717, 1.165) is 92.8 Å². The van der Waals surface area contributed by atoms with E-state index in [1.165, 1.54) is 11.1 Å². The van der Waals surface area contributed by atoms with Crippen molar-refractivity contribution in [1.29, 1.82) is 0 Å². The van der Waals surface area contributed by atoms with Crippen LogP contribution < -0.4 is 20.9 Å². The number of aromatic nitrogens is 3. The zero-order chi connectivity index (χ0) is 32.4. The van der Waals surface area contributed by atoms with Gasteiger partial charge in [0.05, 0.1) is 23.4 Å². The first-order valence-electron chi connectivity index (χ1n) is 16.9. The van der Waals surface area contributed by atoms with Crippen LogP contribution in [-0.2, 0) is 0 Å². The molecule has 1 atom stereocenters. The first-order chi connectivity index (χ1) is 22.2. The lowest BCUT2D eigenvalue weighted by Crippen LogP contribution is -2.41. The summed E-state index contributed by atoms with van der Waals surface area (Å²) in [5.74, 6) is 1.74. The average Bonchev–Trinajstić information content (AvgIpc) is 3.04. The molecule has 2 aromatic heterocycles. The molecule has 0 saturated carbocycles. The van der Waals surface area contributed by atoms with Gasteiger partial charge in [-0.25, -0.2) is 4.98 Å².